The van der Waals surface area contributed by atoms with Crippen molar-refractivity contribution >= 4 is 5.96 Å². The van der Waals surface area contributed by atoms with Gasteiger partial charge in [-0.3, -0.25) is 5.41 Å². The zero-order valence-electron chi connectivity index (χ0n) is 8.30. The number of nitrogens with two attached hydrogens (primary N) is 1. The monoisotopic (exact) mass is 172 g/mol. The van der Waals surface area contributed by atoms with Crippen molar-refractivity contribution < 1.29 is 0 Å². The quantitative estimate of drug-likeness (QED) is 0.458. The van der Waals surface area contributed by atoms with E-state index in [-0.39, 0.29) is 5.96 Å². The standard InChI is InChI=1S/C8H20N4/c1-4-5-12(8(9)10)7-6-11(2)3/h4-7H2,1-3H3,(H3,9,10). The molecule has 0 rings (SSSR count). The highest BCUT2D eigenvalue weighted by Gasteiger charge is 2.04. The fourth-order valence-electron chi connectivity index (χ4n) is 0.943. The summed E-state index contributed by atoms with van der Waals surface area (Å²) >= 11 is 0. The van der Waals surface area contributed by atoms with Gasteiger partial charge < -0.3 is 15.5 Å². The Balaban J connectivity index is 3.71. The van der Waals surface area contributed by atoms with E-state index in [9.17, 15) is 0 Å². The molecular formula is C8H20N4. The largest absolute Gasteiger partial charge is 0.370 e. The van der Waals surface area contributed by atoms with Crippen molar-refractivity contribution in [2.75, 3.05) is 33.7 Å². The van der Waals surface area contributed by atoms with Crippen LogP contribution < -0.4 is 5.73 Å². The molecule has 0 aromatic carbocycles. The zero-order chi connectivity index (χ0) is 9.56. The van der Waals surface area contributed by atoms with Crippen LogP contribution in [0.3, 0.4) is 0 Å². The van der Waals surface area contributed by atoms with Crippen LogP contribution in [0, 0.1) is 5.41 Å². The van der Waals surface area contributed by atoms with Gasteiger partial charge in [0.2, 0.25) is 0 Å². The fourth-order valence-corrected chi connectivity index (χ4v) is 0.943. The van der Waals surface area contributed by atoms with E-state index >= 15 is 0 Å². The van der Waals surface area contributed by atoms with E-state index in [0.717, 1.165) is 26.1 Å². The van der Waals surface area contributed by atoms with Gasteiger partial charge in [0.15, 0.2) is 5.96 Å². The molecule has 3 N–H and O–H groups in total. The number of hydrogen-bond acceptors (Lipinski definition) is 2. The Morgan fingerprint density at radius 2 is 1.83 bits per heavy atom. The van der Waals surface area contributed by atoms with E-state index in [2.05, 4.69) is 11.8 Å². The van der Waals surface area contributed by atoms with Gasteiger partial charge in [-0.15, -0.1) is 0 Å². The molecule has 0 saturated carbocycles. The van der Waals surface area contributed by atoms with Crippen LogP contribution >= 0.6 is 0 Å². The molecule has 0 spiro atoms. The van der Waals surface area contributed by atoms with Crippen molar-refractivity contribution in [2.45, 2.75) is 13.3 Å². The molecule has 0 aromatic rings. The lowest BCUT2D eigenvalue weighted by molar-refractivity contribution is 0.326. The Kier molecular flexibility index (Phi) is 5.45. The fraction of sp³-hybridized carbons (Fsp3) is 0.875. The number of hydrogen-bond donors (Lipinski definition) is 2. The molecule has 0 saturated heterocycles. The van der Waals surface area contributed by atoms with Gasteiger partial charge >= 0.3 is 0 Å². The molecule has 0 aliphatic carbocycles. The average Bonchev–Trinajstić information content (AvgIpc) is 1.96. The predicted molar refractivity (Wildman–Crippen MR) is 52.3 cm³/mol. The Bertz CT molecular complexity index is 133. The topological polar surface area (TPSA) is 56.4 Å². The summed E-state index contributed by atoms with van der Waals surface area (Å²) in [6.07, 6.45) is 1.03. The SMILES string of the molecule is CCCN(CCN(C)C)C(=N)N. The summed E-state index contributed by atoms with van der Waals surface area (Å²) in [6.45, 7) is 4.75. The summed E-state index contributed by atoms with van der Waals surface area (Å²) < 4.78 is 0. The number of guanidine groups is 1. The zero-order valence-corrected chi connectivity index (χ0v) is 8.30. The first-order valence-electron chi connectivity index (χ1n) is 4.31. The summed E-state index contributed by atoms with van der Waals surface area (Å²) in [5.74, 6) is 0.179. The molecule has 0 unspecified atom stereocenters. The molecule has 4 nitrogen and oxygen atoms in total. The first-order chi connectivity index (χ1) is 5.57. The molecule has 0 aromatic heterocycles. The highest BCUT2D eigenvalue weighted by molar-refractivity contribution is 5.74. The molecular weight excluding hydrogens is 152 g/mol. The van der Waals surface area contributed by atoms with Gasteiger partial charge in [-0.2, -0.15) is 0 Å². The smallest absolute Gasteiger partial charge is 0.188 e. The predicted octanol–water partition coefficient (Wildman–Crippen LogP) is 0.153. The molecule has 0 aliphatic heterocycles. The normalized spacial score (nSPS) is 10.3. The number of nitrogens with one attached hydrogen (secondary N) is 1. The average molecular weight is 172 g/mol. The molecule has 0 atom stereocenters. The molecule has 0 aliphatic rings. The second-order valence-electron chi connectivity index (χ2n) is 3.18. The minimum absolute atomic E-state index is 0.179. The van der Waals surface area contributed by atoms with Gasteiger partial charge in [-0.25, -0.2) is 0 Å². The van der Waals surface area contributed by atoms with Crippen LogP contribution in [0.2, 0.25) is 0 Å². The van der Waals surface area contributed by atoms with Gasteiger partial charge in [-0.05, 0) is 20.5 Å². The summed E-state index contributed by atoms with van der Waals surface area (Å²) in [4.78, 5) is 3.98. The van der Waals surface area contributed by atoms with Gasteiger partial charge in [0.25, 0.3) is 0 Å². The minimum atomic E-state index is 0.179. The van der Waals surface area contributed by atoms with E-state index in [1.807, 2.05) is 19.0 Å². The van der Waals surface area contributed by atoms with Crippen LogP contribution in [0.5, 0.6) is 0 Å². The van der Waals surface area contributed by atoms with Crippen molar-refractivity contribution in [2.24, 2.45) is 5.73 Å². The maximum atomic E-state index is 7.28. The van der Waals surface area contributed by atoms with E-state index in [1.165, 1.54) is 0 Å². The van der Waals surface area contributed by atoms with Crippen molar-refractivity contribution in [1.29, 1.82) is 5.41 Å². The third-order valence-electron chi connectivity index (χ3n) is 1.65. The highest BCUT2D eigenvalue weighted by Crippen LogP contribution is 1.90. The Labute approximate surface area is 74.8 Å². The summed E-state index contributed by atoms with van der Waals surface area (Å²) in [5.41, 5.74) is 5.40. The Morgan fingerprint density at radius 1 is 1.25 bits per heavy atom. The van der Waals surface area contributed by atoms with Crippen molar-refractivity contribution in [3.05, 3.63) is 0 Å². The maximum Gasteiger partial charge on any atom is 0.188 e. The second kappa shape index (κ2) is 5.83. The Morgan fingerprint density at radius 3 is 2.17 bits per heavy atom. The number of likely N-dealkylation sites (N-methyl/N-ethyl adjacent to an activating group) is 1. The van der Waals surface area contributed by atoms with E-state index < -0.39 is 0 Å². The van der Waals surface area contributed by atoms with Gasteiger partial charge in [0.05, 0.1) is 0 Å². The van der Waals surface area contributed by atoms with Gasteiger partial charge in [0.1, 0.15) is 0 Å². The van der Waals surface area contributed by atoms with Crippen LogP contribution in [-0.4, -0.2) is 49.5 Å². The molecule has 72 valence electrons. The Hall–Kier alpha value is -0.770. The van der Waals surface area contributed by atoms with E-state index in [4.69, 9.17) is 11.1 Å². The lowest BCUT2D eigenvalue weighted by atomic mass is 10.4. The molecule has 0 radical (unpaired) electrons. The van der Waals surface area contributed by atoms with Gasteiger partial charge in [-0.1, -0.05) is 6.92 Å². The van der Waals surface area contributed by atoms with Gasteiger partial charge in [0, 0.05) is 19.6 Å². The van der Waals surface area contributed by atoms with Crippen LogP contribution in [0.4, 0.5) is 0 Å². The van der Waals surface area contributed by atoms with Crippen LogP contribution in [0.1, 0.15) is 13.3 Å². The molecule has 4 heteroatoms. The van der Waals surface area contributed by atoms with Crippen LogP contribution in [-0.2, 0) is 0 Å². The first-order valence-corrected chi connectivity index (χ1v) is 4.31. The first kappa shape index (κ1) is 11.2. The van der Waals surface area contributed by atoms with Crippen LogP contribution in [0.25, 0.3) is 0 Å². The molecule has 0 amide bonds. The van der Waals surface area contributed by atoms with Crippen molar-refractivity contribution in [3.8, 4) is 0 Å². The molecule has 0 heterocycles. The van der Waals surface area contributed by atoms with E-state index in [1.54, 1.807) is 0 Å². The number of rotatable bonds is 5. The summed E-state index contributed by atoms with van der Waals surface area (Å²) in [6, 6.07) is 0. The van der Waals surface area contributed by atoms with Crippen molar-refractivity contribution in [3.63, 3.8) is 0 Å². The molecule has 0 fully saturated rings. The third-order valence-corrected chi connectivity index (χ3v) is 1.65. The molecule has 0 bridgehead atoms. The lowest BCUT2D eigenvalue weighted by Crippen LogP contribution is -2.40. The summed E-state index contributed by atoms with van der Waals surface area (Å²) in [5, 5.41) is 7.28. The highest BCUT2D eigenvalue weighted by atomic mass is 15.2. The lowest BCUT2D eigenvalue weighted by Gasteiger charge is -2.23. The number of nitrogens with zero attached hydrogens (tertiary/aromatic N) is 2. The molecule has 12 heavy (non-hydrogen) atoms. The summed E-state index contributed by atoms with van der Waals surface area (Å²) in [7, 11) is 4.04. The van der Waals surface area contributed by atoms with Crippen LogP contribution in [0.15, 0.2) is 0 Å². The minimum Gasteiger partial charge on any atom is -0.370 e. The third kappa shape index (κ3) is 4.96. The van der Waals surface area contributed by atoms with Crippen molar-refractivity contribution in [1.82, 2.24) is 9.80 Å². The van der Waals surface area contributed by atoms with E-state index in [0.29, 0.717) is 0 Å². The second-order valence-corrected chi connectivity index (χ2v) is 3.18. The maximum absolute atomic E-state index is 7.28.